The number of ether oxygens (including phenoxy) is 1. The van der Waals surface area contributed by atoms with Crippen LogP contribution < -0.4 is 11.1 Å². The lowest BCUT2D eigenvalue weighted by atomic mass is 10.1. The van der Waals surface area contributed by atoms with Gasteiger partial charge in [0.2, 0.25) is 5.91 Å². The third kappa shape index (κ3) is 7.71. The van der Waals surface area contributed by atoms with Crippen LogP contribution in [0.15, 0.2) is 24.3 Å². The van der Waals surface area contributed by atoms with Crippen molar-refractivity contribution in [2.75, 3.05) is 18.6 Å². The van der Waals surface area contributed by atoms with E-state index >= 15 is 0 Å². The zero-order valence-corrected chi connectivity index (χ0v) is 14.3. The zero-order valence-electron chi connectivity index (χ0n) is 12.6. The van der Waals surface area contributed by atoms with E-state index in [9.17, 15) is 4.79 Å². The van der Waals surface area contributed by atoms with E-state index in [4.69, 9.17) is 10.5 Å². The van der Waals surface area contributed by atoms with Crippen molar-refractivity contribution in [3.8, 4) is 0 Å². The van der Waals surface area contributed by atoms with Gasteiger partial charge in [-0.25, -0.2) is 0 Å². The fourth-order valence-corrected chi connectivity index (χ4v) is 2.26. The molecule has 0 fully saturated rings. The van der Waals surface area contributed by atoms with Gasteiger partial charge in [0.1, 0.15) is 0 Å². The Labute approximate surface area is 137 Å². The van der Waals surface area contributed by atoms with Crippen molar-refractivity contribution in [1.29, 1.82) is 0 Å². The zero-order chi connectivity index (χ0) is 14.8. The minimum Gasteiger partial charge on any atom is -0.377 e. The van der Waals surface area contributed by atoms with Crippen LogP contribution >= 0.6 is 24.2 Å². The number of amides is 1. The monoisotopic (exact) mass is 332 g/mol. The molecule has 0 spiro atoms. The van der Waals surface area contributed by atoms with Crippen LogP contribution in [0.1, 0.15) is 24.5 Å². The van der Waals surface area contributed by atoms with Gasteiger partial charge in [-0.15, -0.1) is 12.4 Å². The highest BCUT2D eigenvalue weighted by Crippen LogP contribution is 2.10. The number of hydrogen-bond donors (Lipinski definition) is 2. The number of thioether (sulfide) groups is 1. The van der Waals surface area contributed by atoms with Crippen LogP contribution in [0.5, 0.6) is 0 Å². The second-order valence-electron chi connectivity index (χ2n) is 4.51. The summed E-state index contributed by atoms with van der Waals surface area (Å²) in [5.74, 6) is 0.806. The number of rotatable bonds is 9. The summed E-state index contributed by atoms with van der Waals surface area (Å²) in [6.07, 6.45) is 2.71. The molecule has 0 saturated heterocycles. The molecule has 1 aromatic rings. The van der Waals surface area contributed by atoms with E-state index in [-0.39, 0.29) is 18.3 Å². The molecule has 6 heteroatoms. The van der Waals surface area contributed by atoms with Crippen LogP contribution in [0, 0.1) is 0 Å². The Morgan fingerprint density at radius 2 is 2.05 bits per heavy atom. The molecule has 0 aliphatic rings. The molecule has 3 N–H and O–H groups in total. The van der Waals surface area contributed by atoms with Crippen molar-refractivity contribution in [3.63, 3.8) is 0 Å². The van der Waals surface area contributed by atoms with Gasteiger partial charge in [0, 0.05) is 13.2 Å². The Balaban J connectivity index is 0.00000400. The molecule has 4 nitrogen and oxygen atoms in total. The summed E-state index contributed by atoms with van der Waals surface area (Å²) < 4.78 is 5.43. The molecule has 0 radical (unpaired) electrons. The summed E-state index contributed by atoms with van der Waals surface area (Å²) in [7, 11) is 0. The van der Waals surface area contributed by atoms with Crippen LogP contribution in [0.2, 0.25) is 0 Å². The van der Waals surface area contributed by atoms with Crippen molar-refractivity contribution in [2.24, 2.45) is 5.73 Å². The Morgan fingerprint density at radius 3 is 2.67 bits per heavy atom. The van der Waals surface area contributed by atoms with E-state index < -0.39 is 6.04 Å². The first-order valence-electron chi connectivity index (χ1n) is 6.85. The van der Waals surface area contributed by atoms with E-state index in [1.54, 1.807) is 11.8 Å². The number of nitrogens with two attached hydrogens (primary N) is 1. The van der Waals surface area contributed by atoms with Gasteiger partial charge in [-0.2, -0.15) is 11.8 Å². The molecular weight excluding hydrogens is 308 g/mol. The highest BCUT2D eigenvalue weighted by molar-refractivity contribution is 7.98. The van der Waals surface area contributed by atoms with Gasteiger partial charge in [-0.1, -0.05) is 24.3 Å². The largest absolute Gasteiger partial charge is 0.377 e. The van der Waals surface area contributed by atoms with Crippen molar-refractivity contribution in [1.82, 2.24) is 5.32 Å². The maximum atomic E-state index is 11.9. The smallest absolute Gasteiger partial charge is 0.237 e. The molecule has 0 aliphatic carbocycles. The van der Waals surface area contributed by atoms with Gasteiger partial charge < -0.3 is 15.8 Å². The van der Waals surface area contributed by atoms with E-state index in [0.717, 1.165) is 16.9 Å². The third-order valence-electron chi connectivity index (χ3n) is 3.00. The summed E-state index contributed by atoms with van der Waals surface area (Å²) in [4.78, 5) is 11.9. The standard InChI is InChI=1S/C15H24N2O2S.ClH/c1-3-19-11-13-7-5-4-6-12(13)10-17-15(18)14(16)8-9-20-2;/h4-7,14H,3,8-11,16H2,1-2H3,(H,17,18);1H/t14-;/m0./s1. The summed E-state index contributed by atoms with van der Waals surface area (Å²) >= 11 is 1.70. The molecule has 1 amide bonds. The first-order chi connectivity index (χ1) is 9.69. The van der Waals surface area contributed by atoms with Crippen LogP contribution in [0.4, 0.5) is 0 Å². The number of nitrogens with one attached hydrogen (secondary N) is 1. The van der Waals surface area contributed by atoms with E-state index in [0.29, 0.717) is 26.2 Å². The van der Waals surface area contributed by atoms with Crippen LogP contribution in [-0.2, 0) is 22.7 Å². The van der Waals surface area contributed by atoms with E-state index in [1.807, 2.05) is 37.4 Å². The van der Waals surface area contributed by atoms with Crippen molar-refractivity contribution >= 4 is 30.1 Å². The first-order valence-corrected chi connectivity index (χ1v) is 8.25. The Kier molecular flexibility index (Phi) is 11.4. The summed E-state index contributed by atoms with van der Waals surface area (Å²) in [6.45, 7) is 3.71. The maximum Gasteiger partial charge on any atom is 0.237 e. The molecule has 1 aromatic carbocycles. The lowest BCUT2D eigenvalue weighted by molar-refractivity contribution is -0.122. The number of benzene rings is 1. The topological polar surface area (TPSA) is 64.3 Å². The van der Waals surface area contributed by atoms with Gasteiger partial charge in [0.25, 0.3) is 0 Å². The van der Waals surface area contributed by atoms with Crippen molar-refractivity contribution in [3.05, 3.63) is 35.4 Å². The fourth-order valence-electron chi connectivity index (χ4n) is 1.77. The summed E-state index contributed by atoms with van der Waals surface area (Å²) in [5, 5.41) is 2.90. The number of hydrogen-bond acceptors (Lipinski definition) is 4. The molecule has 0 saturated carbocycles. The minimum absolute atomic E-state index is 0. The molecule has 21 heavy (non-hydrogen) atoms. The fraction of sp³-hybridized carbons (Fsp3) is 0.533. The molecule has 0 heterocycles. The lowest BCUT2D eigenvalue weighted by Crippen LogP contribution is -2.40. The highest BCUT2D eigenvalue weighted by atomic mass is 35.5. The normalized spacial score (nSPS) is 11.6. The Bertz CT molecular complexity index is 418. The summed E-state index contributed by atoms with van der Waals surface area (Å²) in [5.41, 5.74) is 8.01. The van der Waals surface area contributed by atoms with Gasteiger partial charge in [0.05, 0.1) is 12.6 Å². The molecule has 1 atom stereocenters. The third-order valence-corrected chi connectivity index (χ3v) is 3.65. The molecule has 0 aromatic heterocycles. The first kappa shape index (κ1) is 20.2. The lowest BCUT2D eigenvalue weighted by Gasteiger charge is -2.14. The van der Waals surface area contributed by atoms with Gasteiger partial charge in [0.15, 0.2) is 0 Å². The molecule has 120 valence electrons. The number of halogens is 1. The molecular formula is C15H25ClN2O2S. The molecule has 0 bridgehead atoms. The SMILES string of the molecule is CCOCc1ccccc1CNC(=O)[C@@H](N)CCSC.Cl. The van der Waals surface area contributed by atoms with E-state index in [1.165, 1.54) is 0 Å². The van der Waals surface area contributed by atoms with Crippen LogP contribution in [0.25, 0.3) is 0 Å². The predicted octanol–water partition coefficient (Wildman–Crippen LogP) is 2.34. The van der Waals surface area contributed by atoms with Crippen LogP contribution in [-0.4, -0.2) is 30.6 Å². The van der Waals surface area contributed by atoms with Crippen LogP contribution in [0.3, 0.4) is 0 Å². The van der Waals surface area contributed by atoms with Gasteiger partial charge >= 0.3 is 0 Å². The van der Waals surface area contributed by atoms with Crippen molar-refractivity contribution < 1.29 is 9.53 Å². The number of carbonyl (C=O) groups excluding carboxylic acids is 1. The second-order valence-corrected chi connectivity index (χ2v) is 5.50. The minimum atomic E-state index is -0.429. The second kappa shape index (κ2) is 11.9. The molecule has 0 unspecified atom stereocenters. The maximum absolute atomic E-state index is 11.9. The molecule has 1 rings (SSSR count). The Hall–Kier alpha value is -0.750. The average molecular weight is 333 g/mol. The summed E-state index contributed by atoms with van der Waals surface area (Å²) in [6, 6.07) is 7.53. The quantitative estimate of drug-likeness (QED) is 0.728. The van der Waals surface area contributed by atoms with Gasteiger partial charge in [-0.3, -0.25) is 4.79 Å². The molecule has 0 aliphatic heterocycles. The highest BCUT2D eigenvalue weighted by Gasteiger charge is 2.12. The predicted molar refractivity (Wildman–Crippen MR) is 91.8 cm³/mol. The van der Waals surface area contributed by atoms with E-state index in [2.05, 4.69) is 5.32 Å². The average Bonchev–Trinajstić information content (AvgIpc) is 2.48. The van der Waals surface area contributed by atoms with Gasteiger partial charge in [-0.05, 0) is 36.5 Å². The number of carbonyl (C=O) groups is 1. The Morgan fingerprint density at radius 1 is 1.38 bits per heavy atom. The van der Waals surface area contributed by atoms with Crippen molar-refractivity contribution in [2.45, 2.75) is 32.5 Å².